The van der Waals surface area contributed by atoms with E-state index in [-0.39, 0.29) is 17.5 Å². The van der Waals surface area contributed by atoms with Crippen molar-refractivity contribution in [3.8, 4) is 5.75 Å². The highest BCUT2D eigenvalue weighted by Gasteiger charge is 2.42. The third kappa shape index (κ3) is 4.12. The van der Waals surface area contributed by atoms with Crippen LogP contribution in [0.2, 0.25) is 0 Å². The van der Waals surface area contributed by atoms with Gasteiger partial charge in [0.25, 0.3) is 0 Å². The summed E-state index contributed by atoms with van der Waals surface area (Å²) < 4.78 is 33.2. The second-order valence-corrected chi connectivity index (χ2v) is 6.24. The van der Waals surface area contributed by atoms with E-state index in [2.05, 4.69) is 15.6 Å². The molecule has 2 atom stereocenters. The smallest absolute Gasteiger partial charge is 0.191 e. The summed E-state index contributed by atoms with van der Waals surface area (Å²) in [5.74, 6) is 0.254. The van der Waals surface area contributed by atoms with Gasteiger partial charge in [0, 0.05) is 29.6 Å². The molecule has 2 N–H and O–H groups in total. The first-order valence-electron chi connectivity index (χ1n) is 8.74. The van der Waals surface area contributed by atoms with Gasteiger partial charge in [-0.25, -0.2) is 13.8 Å². The van der Waals surface area contributed by atoms with Gasteiger partial charge in [0.05, 0.1) is 13.7 Å². The van der Waals surface area contributed by atoms with E-state index in [4.69, 9.17) is 4.74 Å². The van der Waals surface area contributed by atoms with Gasteiger partial charge in [-0.2, -0.15) is 0 Å². The molecule has 0 saturated heterocycles. The first-order chi connectivity index (χ1) is 12.6. The Kier molecular flexibility index (Phi) is 5.71. The highest BCUT2D eigenvalue weighted by molar-refractivity contribution is 5.80. The number of ether oxygens (including phenoxy) is 1. The van der Waals surface area contributed by atoms with Crippen LogP contribution >= 0.6 is 0 Å². The lowest BCUT2D eigenvalue weighted by Crippen LogP contribution is -2.39. The maximum Gasteiger partial charge on any atom is 0.191 e. The number of guanidine groups is 1. The Morgan fingerprint density at radius 2 is 1.88 bits per heavy atom. The van der Waals surface area contributed by atoms with Crippen LogP contribution in [-0.2, 0) is 6.54 Å². The zero-order chi connectivity index (χ0) is 18.5. The predicted octanol–water partition coefficient (Wildman–Crippen LogP) is 3.58. The lowest BCUT2D eigenvalue weighted by molar-refractivity contribution is 0.410. The quantitative estimate of drug-likeness (QED) is 0.612. The van der Waals surface area contributed by atoms with Crippen molar-refractivity contribution >= 4 is 5.96 Å². The van der Waals surface area contributed by atoms with Crippen molar-refractivity contribution in [1.82, 2.24) is 10.6 Å². The van der Waals surface area contributed by atoms with Gasteiger partial charge in [0.15, 0.2) is 5.96 Å². The second kappa shape index (κ2) is 8.17. The maximum atomic E-state index is 13.9. The number of aliphatic imine (C=N–C) groups is 1. The van der Waals surface area contributed by atoms with Crippen LogP contribution in [0, 0.1) is 11.6 Å². The molecule has 6 heteroatoms. The number of nitrogens with zero attached hydrogens (tertiary/aromatic N) is 1. The van der Waals surface area contributed by atoms with Gasteiger partial charge in [-0.05, 0) is 31.5 Å². The Morgan fingerprint density at radius 1 is 1.15 bits per heavy atom. The number of methoxy groups -OCH3 is 1. The van der Waals surface area contributed by atoms with Crippen molar-refractivity contribution in [2.45, 2.75) is 31.8 Å². The second-order valence-electron chi connectivity index (χ2n) is 6.24. The Balaban J connectivity index is 1.68. The van der Waals surface area contributed by atoms with E-state index >= 15 is 0 Å². The molecule has 4 nitrogen and oxygen atoms in total. The molecule has 0 spiro atoms. The van der Waals surface area contributed by atoms with E-state index in [0.717, 1.165) is 11.3 Å². The van der Waals surface area contributed by atoms with Crippen LogP contribution in [0.3, 0.4) is 0 Å². The number of rotatable bonds is 6. The normalized spacial score (nSPS) is 19.2. The maximum absolute atomic E-state index is 13.9. The fourth-order valence-corrected chi connectivity index (χ4v) is 3.03. The van der Waals surface area contributed by atoms with Gasteiger partial charge in [-0.15, -0.1) is 0 Å². The summed E-state index contributed by atoms with van der Waals surface area (Å²) in [4.78, 5) is 4.57. The Morgan fingerprint density at radius 3 is 2.58 bits per heavy atom. The summed E-state index contributed by atoms with van der Waals surface area (Å²) >= 11 is 0. The molecule has 3 rings (SSSR count). The minimum absolute atomic E-state index is 0.0307. The van der Waals surface area contributed by atoms with E-state index in [1.165, 1.54) is 18.2 Å². The highest BCUT2D eigenvalue weighted by Crippen LogP contribution is 2.43. The molecule has 1 aliphatic rings. The van der Waals surface area contributed by atoms with E-state index < -0.39 is 11.6 Å². The number of para-hydroxylation sites is 1. The average molecular weight is 359 g/mol. The van der Waals surface area contributed by atoms with E-state index in [1.54, 1.807) is 7.11 Å². The van der Waals surface area contributed by atoms with Gasteiger partial charge in [0.2, 0.25) is 0 Å². The van der Waals surface area contributed by atoms with Gasteiger partial charge >= 0.3 is 0 Å². The van der Waals surface area contributed by atoms with Gasteiger partial charge in [-0.1, -0.05) is 24.3 Å². The average Bonchev–Trinajstić information content (AvgIpc) is 3.38. The zero-order valence-corrected chi connectivity index (χ0v) is 14.9. The Hall–Kier alpha value is -2.63. The van der Waals surface area contributed by atoms with Crippen molar-refractivity contribution in [3.05, 3.63) is 65.2 Å². The Labute approximate surface area is 152 Å². The molecule has 0 radical (unpaired) electrons. The van der Waals surface area contributed by atoms with Crippen LogP contribution in [0.4, 0.5) is 8.78 Å². The predicted molar refractivity (Wildman–Crippen MR) is 98.4 cm³/mol. The number of nitrogens with one attached hydrogen (secondary N) is 2. The number of halogens is 2. The van der Waals surface area contributed by atoms with Crippen LogP contribution in [0.25, 0.3) is 0 Å². The molecule has 0 aliphatic heterocycles. The van der Waals surface area contributed by atoms with Crippen LogP contribution in [0.5, 0.6) is 5.75 Å². The molecular weight excluding hydrogens is 336 g/mol. The van der Waals surface area contributed by atoms with Crippen molar-refractivity contribution in [1.29, 1.82) is 0 Å². The molecule has 0 amide bonds. The number of benzene rings is 2. The molecule has 26 heavy (non-hydrogen) atoms. The topological polar surface area (TPSA) is 45.7 Å². The summed E-state index contributed by atoms with van der Waals surface area (Å²) in [6.07, 6.45) is 0.678. The van der Waals surface area contributed by atoms with Crippen molar-refractivity contribution in [3.63, 3.8) is 0 Å². The first kappa shape index (κ1) is 18.2. The molecular formula is C20H23F2N3O. The molecule has 1 saturated carbocycles. The SMILES string of the molecule is CCNC(=NCc1ccccc1OC)NC1CC1c1c(F)cccc1F. The third-order valence-corrected chi connectivity index (χ3v) is 4.43. The molecule has 2 aromatic carbocycles. The van der Waals surface area contributed by atoms with Crippen LogP contribution < -0.4 is 15.4 Å². The molecule has 0 bridgehead atoms. The molecule has 2 aromatic rings. The standard InChI is InChI=1S/C20H23F2N3O/c1-3-23-20(24-12-13-7-4-5-10-18(13)26-2)25-17-11-14(17)19-15(21)8-6-9-16(19)22/h4-10,14,17H,3,11-12H2,1-2H3,(H2,23,24,25). The molecule has 0 heterocycles. The minimum Gasteiger partial charge on any atom is -0.496 e. The van der Waals surface area contributed by atoms with Crippen molar-refractivity contribution in [2.24, 2.45) is 4.99 Å². The van der Waals surface area contributed by atoms with E-state index in [9.17, 15) is 8.78 Å². The summed E-state index contributed by atoms with van der Waals surface area (Å²) in [7, 11) is 1.63. The minimum atomic E-state index is -0.490. The monoisotopic (exact) mass is 359 g/mol. The summed E-state index contributed by atoms with van der Waals surface area (Å²) in [5, 5.41) is 6.44. The van der Waals surface area contributed by atoms with Crippen molar-refractivity contribution in [2.75, 3.05) is 13.7 Å². The summed E-state index contributed by atoms with van der Waals surface area (Å²) in [6.45, 7) is 3.12. The Bertz CT molecular complexity index is 774. The fraction of sp³-hybridized carbons (Fsp3) is 0.350. The fourth-order valence-electron chi connectivity index (χ4n) is 3.03. The molecule has 1 fully saturated rings. The molecule has 2 unspecified atom stereocenters. The van der Waals surface area contributed by atoms with Crippen LogP contribution in [0.15, 0.2) is 47.5 Å². The molecule has 138 valence electrons. The van der Waals surface area contributed by atoms with Crippen LogP contribution in [0.1, 0.15) is 30.4 Å². The zero-order valence-electron chi connectivity index (χ0n) is 14.9. The highest BCUT2D eigenvalue weighted by atomic mass is 19.1. The number of hydrogen-bond acceptors (Lipinski definition) is 2. The summed E-state index contributed by atoms with van der Waals surface area (Å²) in [5.41, 5.74) is 1.13. The lowest BCUT2D eigenvalue weighted by atomic mass is 10.1. The van der Waals surface area contributed by atoms with E-state index in [1.807, 2.05) is 31.2 Å². The van der Waals surface area contributed by atoms with Gasteiger partial charge in [-0.3, -0.25) is 0 Å². The largest absolute Gasteiger partial charge is 0.496 e. The van der Waals surface area contributed by atoms with Gasteiger partial charge in [0.1, 0.15) is 17.4 Å². The summed E-state index contributed by atoms with van der Waals surface area (Å²) in [6, 6.07) is 11.7. The van der Waals surface area contributed by atoms with E-state index in [0.29, 0.717) is 25.5 Å². The van der Waals surface area contributed by atoms with Gasteiger partial charge < -0.3 is 15.4 Å². The lowest BCUT2D eigenvalue weighted by Gasteiger charge is -2.12. The molecule has 1 aliphatic carbocycles. The van der Waals surface area contributed by atoms with Crippen molar-refractivity contribution < 1.29 is 13.5 Å². The first-order valence-corrected chi connectivity index (χ1v) is 8.74. The molecule has 0 aromatic heterocycles. The number of hydrogen-bond donors (Lipinski definition) is 2. The third-order valence-electron chi connectivity index (χ3n) is 4.43. The van der Waals surface area contributed by atoms with Crippen LogP contribution in [-0.4, -0.2) is 25.7 Å².